The number of anilines is 1. The Morgan fingerprint density at radius 2 is 1.88 bits per heavy atom. The van der Waals surface area contributed by atoms with Crippen LogP contribution in [0.25, 0.3) is 11.4 Å². The number of hydrogen-bond donors (Lipinski definition) is 2. The second kappa shape index (κ2) is 6.33. The van der Waals surface area contributed by atoms with Crippen molar-refractivity contribution in [2.45, 2.75) is 6.92 Å². The molecule has 24 heavy (non-hydrogen) atoms. The topological polar surface area (TPSA) is 105 Å². The van der Waals surface area contributed by atoms with Crippen LogP contribution in [0.2, 0.25) is 0 Å². The minimum absolute atomic E-state index is 0.0585. The van der Waals surface area contributed by atoms with Gasteiger partial charge in [-0.25, -0.2) is 4.79 Å². The second-order valence-electron chi connectivity index (χ2n) is 5.02. The fraction of sp³-hybridized carbons (Fsp3) is 0.0588. The van der Waals surface area contributed by atoms with Crippen LogP contribution in [0, 0.1) is 6.92 Å². The Kier molecular flexibility index (Phi) is 4.07. The van der Waals surface area contributed by atoms with E-state index < -0.39 is 11.9 Å². The summed E-state index contributed by atoms with van der Waals surface area (Å²) >= 11 is 0. The molecule has 0 aliphatic rings. The standard InChI is InChI=1S/C17H13N3O4/c1-10-6-2-3-7-11(10)15(21)19-16-13(17(22)23)14(20-24-16)12-8-4-5-9-18-12/h2-9H,1H3,(H,19,21)(H,22,23). The van der Waals surface area contributed by atoms with Crippen molar-refractivity contribution < 1.29 is 19.2 Å². The summed E-state index contributed by atoms with van der Waals surface area (Å²) in [4.78, 5) is 28.0. The number of carbonyl (C=O) groups excluding carboxylic acids is 1. The molecule has 7 heteroatoms. The summed E-state index contributed by atoms with van der Waals surface area (Å²) in [6.07, 6.45) is 1.52. The van der Waals surface area contributed by atoms with Gasteiger partial charge in [-0.05, 0) is 30.7 Å². The van der Waals surface area contributed by atoms with Crippen LogP contribution in [0.3, 0.4) is 0 Å². The summed E-state index contributed by atoms with van der Waals surface area (Å²) in [6, 6.07) is 12.0. The van der Waals surface area contributed by atoms with Crippen LogP contribution >= 0.6 is 0 Å². The number of aromatic carboxylic acids is 1. The van der Waals surface area contributed by atoms with Crippen molar-refractivity contribution in [3.8, 4) is 11.4 Å². The molecule has 2 aromatic heterocycles. The lowest BCUT2D eigenvalue weighted by atomic mass is 10.1. The van der Waals surface area contributed by atoms with Crippen LogP contribution in [0.4, 0.5) is 5.88 Å². The highest BCUT2D eigenvalue weighted by Crippen LogP contribution is 2.28. The number of hydrogen-bond acceptors (Lipinski definition) is 5. The first-order chi connectivity index (χ1) is 11.6. The Balaban J connectivity index is 1.98. The van der Waals surface area contributed by atoms with Gasteiger partial charge in [-0.1, -0.05) is 29.4 Å². The predicted octanol–water partition coefficient (Wildman–Crippen LogP) is 3.00. The van der Waals surface area contributed by atoms with Crippen LogP contribution in [0.15, 0.2) is 53.2 Å². The Morgan fingerprint density at radius 3 is 2.54 bits per heavy atom. The zero-order chi connectivity index (χ0) is 17.1. The van der Waals surface area contributed by atoms with E-state index in [-0.39, 0.29) is 17.1 Å². The van der Waals surface area contributed by atoms with Gasteiger partial charge in [-0.3, -0.25) is 15.1 Å². The van der Waals surface area contributed by atoms with E-state index in [0.29, 0.717) is 11.3 Å². The summed E-state index contributed by atoms with van der Waals surface area (Å²) in [7, 11) is 0. The first-order valence-electron chi connectivity index (χ1n) is 7.09. The fourth-order valence-corrected chi connectivity index (χ4v) is 2.25. The molecule has 0 spiro atoms. The molecule has 3 aromatic rings. The van der Waals surface area contributed by atoms with Crippen molar-refractivity contribution in [1.82, 2.24) is 10.1 Å². The predicted molar refractivity (Wildman–Crippen MR) is 85.8 cm³/mol. The number of aryl methyl sites for hydroxylation is 1. The maximum Gasteiger partial charge on any atom is 0.343 e. The Morgan fingerprint density at radius 1 is 1.12 bits per heavy atom. The zero-order valence-corrected chi connectivity index (χ0v) is 12.7. The number of carboxylic acid groups (broad SMARTS) is 1. The third kappa shape index (κ3) is 2.87. The van der Waals surface area contributed by atoms with Crippen molar-refractivity contribution in [3.63, 3.8) is 0 Å². The third-order valence-electron chi connectivity index (χ3n) is 3.43. The van der Waals surface area contributed by atoms with E-state index in [1.165, 1.54) is 6.20 Å². The Hall–Kier alpha value is -3.48. The maximum absolute atomic E-state index is 12.3. The van der Waals surface area contributed by atoms with Crippen molar-refractivity contribution in [3.05, 3.63) is 65.4 Å². The van der Waals surface area contributed by atoms with Gasteiger partial charge in [-0.15, -0.1) is 0 Å². The van der Waals surface area contributed by atoms with Crippen molar-refractivity contribution in [2.24, 2.45) is 0 Å². The number of amides is 1. The molecule has 0 unspecified atom stereocenters. The zero-order valence-electron chi connectivity index (χ0n) is 12.7. The largest absolute Gasteiger partial charge is 0.477 e. The minimum Gasteiger partial charge on any atom is -0.477 e. The third-order valence-corrected chi connectivity index (χ3v) is 3.43. The monoisotopic (exact) mass is 323 g/mol. The number of rotatable bonds is 4. The van der Waals surface area contributed by atoms with E-state index >= 15 is 0 Å². The molecular weight excluding hydrogens is 310 g/mol. The normalized spacial score (nSPS) is 10.4. The van der Waals surface area contributed by atoms with E-state index in [1.54, 1.807) is 43.3 Å². The quantitative estimate of drug-likeness (QED) is 0.764. The first-order valence-corrected chi connectivity index (χ1v) is 7.09. The number of carboxylic acids is 1. The summed E-state index contributed by atoms with van der Waals surface area (Å²) < 4.78 is 5.04. The van der Waals surface area contributed by atoms with Gasteiger partial charge in [-0.2, -0.15) is 0 Å². The van der Waals surface area contributed by atoms with Crippen LogP contribution in [-0.4, -0.2) is 27.1 Å². The molecule has 0 bridgehead atoms. The molecule has 0 saturated heterocycles. The summed E-state index contributed by atoms with van der Waals surface area (Å²) in [5.41, 5.74) is 1.34. The van der Waals surface area contributed by atoms with Gasteiger partial charge in [0.2, 0.25) is 5.88 Å². The van der Waals surface area contributed by atoms with E-state index in [9.17, 15) is 14.7 Å². The highest BCUT2D eigenvalue weighted by Gasteiger charge is 2.26. The summed E-state index contributed by atoms with van der Waals surface area (Å²) in [5, 5.41) is 15.7. The molecule has 0 saturated carbocycles. The maximum atomic E-state index is 12.3. The number of nitrogens with one attached hydrogen (secondary N) is 1. The molecule has 7 nitrogen and oxygen atoms in total. The van der Waals surface area contributed by atoms with Crippen LogP contribution in [0.1, 0.15) is 26.3 Å². The summed E-state index contributed by atoms with van der Waals surface area (Å²) in [5.74, 6) is -1.97. The molecule has 0 atom stereocenters. The number of carbonyl (C=O) groups is 2. The lowest BCUT2D eigenvalue weighted by molar-refractivity contribution is 0.0698. The van der Waals surface area contributed by atoms with Crippen molar-refractivity contribution in [2.75, 3.05) is 5.32 Å². The van der Waals surface area contributed by atoms with Crippen LogP contribution < -0.4 is 5.32 Å². The highest BCUT2D eigenvalue weighted by atomic mass is 16.5. The van der Waals surface area contributed by atoms with Gasteiger partial charge in [0.15, 0.2) is 5.56 Å². The molecule has 1 aromatic carbocycles. The number of nitrogens with zero attached hydrogens (tertiary/aromatic N) is 2. The fourth-order valence-electron chi connectivity index (χ4n) is 2.25. The smallest absolute Gasteiger partial charge is 0.343 e. The molecular formula is C17H13N3O4. The molecule has 0 fully saturated rings. The molecule has 3 rings (SSSR count). The second-order valence-corrected chi connectivity index (χ2v) is 5.02. The number of benzene rings is 1. The molecule has 1 amide bonds. The van der Waals surface area contributed by atoms with Crippen molar-refractivity contribution >= 4 is 17.8 Å². The lowest BCUT2D eigenvalue weighted by Gasteiger charge is -2.05. The van der Waals surface area contributed by atoms with E-state index in [4.69, 9.17) is 4.52 Å². The molecule has 0 radical (unpaired) electrons. The van der Waals surface area contributed by atoms with Gasteiger partial charge < -0.3 is 9.63 Å². The molecule has 0 aliphatic carbocycles. The number of pyridine rings is 1. The van der Waals surface area contributed by atoms with E-state index in [2.05, 4.69) is 15.5 Å². The Labute approximate surface area is 136 Å². The molecule has 2 N–H and O–H groups in total. The molecule has 0 aliphatic heterocycles. The average molecular weight is 323 g/mol. The lowest BCUT2D eigenvalue weighted by Crippen LogP contribution is -2.15. The minimum atomic E-state index is -1.27. The Bertz CT molecular complexity index is 903. The van der Waals surface area contributed by atoms with Gasteiger partial charge in [0.1, 0.15) is 5.69 Å². The first kappa shape index (κ1) is 15.4. The van der Waals surface area contributed by atoms with Crippen molar-refractivity contribution in [1.29, 1.82) is 0 Å². The molecule has 2 heterocycles. The average Bonchev–Trinajstić information content (AvgIpc) is 2.99. The van der Waals surface area contributed by atoms with E-state index in [0.717, 1.165) is 5.56 Å². The van der Waals surface area contributed by atoms with E-state index in [1.807, 2.05) is 6.07 Å². The van der Waals surface area contributed by atoms with Gasteiger partial charge >= 0.3 is 5.97 Å². The summed E-state index contributed by atoms with van der Waals surface area (Å²) in [6.45, 7) is 1.78. The van der Waals surface area contributed by atoms with Gasteiger partial charge in [0, 0.05) is 11.8 Å². The van der Waals surface area contributed by atoms with Gasteiger partial charge in [0.05, 0.1) is 5.69 Å². The number of aromatic nitrogens is 2. The van der Waals surface area contributed by atoms with Crippen LogP contribution in [0.5, 0.6) is 0 Å². The SMILES string of the molecule is Cc1ccccc1C(=O)Nc1onc(-c2ccccn2)c1C(=O)O. The van der Waals surface area contributed by atoms with Gasteiger partial charge in [0.25, 0.3) is 5.91 Å². The highest BCUT2D eigenvalue weighted by molar-refractivity contribution is 6.08. The molecule has 120 valence electrons. The van der Waals surface area contributed by atoms with Crippen LogP contribution in [-0.2, 0) is 0 Å².